The minimum Gasteiger partial charge on any atom is -0.507 e. The van der Waals surface area contributed by atoms with Crippen LogP contribution in [0.4, 0.5) is 0 Å². The third-order valence-corrected chi connectivity index (χ3v) is 3.54. The van der Waals surface area contributed by atoms with Crippen LogP contribution >= 0.6 is 0 Å². The van der Waals surface area contributed by atoms with Gasteiger partial charge in [0.25, 0.3) is 0 Å². The predicted octanol–water partition coefficient (Wildman–Crippen LogP) is 3.21. The number of aliphatic hydroxyl groups is 1. The molecule has 0 bridgehead atoms. The molecule has 0 saturated carbocycles. The molecule has 25 heavy (non-hydrogen) atoms. The number of ether oxygens (including phenoxy) is 3. The number of carbonyl (C=O) groups excluding carboxylic acids is 2. The van der Waals surface area contributed by atoms with Gasteiger partial charge in [0, 0.05) is 18.1 Å². The maximum Gasteiger partial charge on any atom is 0.345 e. The number of benzene rings is 1. The van der Waals surface area contributed by atoms with Gasteiger partial charge >= 0.3 is 5.97 Å². The number of Topliss-reactive ketones (excluding diaryl/α,β-unsaturated/α-hetero) is 1. The molecule has 1 saturated heterocycles. The van der Waals surface area contributed by atoms with Crippen LogP contribution < -0.4 is 9.47 Å². The first-order valence-electron chi connectivity index (χ1n) is 8.21. The van der Waals surface area contributed by atoms with Gasteiger partial charge in [0.15, 0.2) is 5.78 Å². The van der Waals surface area contributed by atoms with Crippen molar-refractivity contribution in [1.29, 1.82) is 0 Å². The summed E-state index contributed by atoms with van der Waals surface area (Å²) in [7, 11) is 0. The summed E-state index contributed by atoms with van der Waals surface area (Å²) in [6.45, 7) is 6.38. The van der Waals surface area contributed by atoms with Crippen molar-refractivity contribution in [2.75, 3.05) is 13.2 Å². The van der Waals surface area contributed by atoms with Crippen molar-refractivity contribution < 1.29 is 28.9 Å². The lowest BCUT2D eigenvalue weighted by molar-refractivity contribution is -0.150. The first kappa shape index (κ1) is 18.6. The molecule has 2 rings (SSSR count). The second kappa shape index (κ2) is 8.37. The van der Waals surface area contributed by atoms with E-state index in [2.05, 4.69) is 0 Å². The normalized spacial score (nSPS) is 19.7. The van der Waals surface area contributed by atoms with Crippen LogP contribution in [0.15, 0.2) is 35.6 Å². The molecule has 1 aliphatic rings. The lowest BCUT2D eigenvalue weighted by atomic mass is 10.0. The molecule has 0 amide bonds. The molecule has 1 aliphatic heterocycles. The Labute approximate surface area is 146 Å². The third kappa shape index (κ3) is 4.62. The van der Waals surface area contributed by atoms with Crippen molar-refractivity contribution in [1.82, 2.24) is 0 Å². The third-order valence-electron chi connectivity index (χ3n) is 3.54. The summed E-state index contributed by atoms with van der Waals surface area (Å²) in [5.41, 5.74) is 0.362. The molecule has 1 unspecified atom stereocenters. The van der Waals surface area contributed by atoms with Gasteiger partial charge in [0.05, 0.1) is 13.2 Å². The van der Waals surface area contributed by atoms with Crippen molar-refractivity contribution in [2.24, 2.45) is 0 Å². The Morgan fingerprint density at radius 1 is 1.28 bits per heavy atom. The Morgan fingerprint density at radius 2 is 2.00 bits per heavy atom. The highest BCUT2D eigenvalue weighted by Crippen LogP contribution is 2.27. The van der Waals surface area contributed by atoms with Gasteiger partial charge in [-0.05, 0) is 45.1 Å². The number of allylic oxidation sites excluding steroid dienone is 1. The first-order chi connectivity index (χ1) is 12.0. The van der Waals surface area contributed by atoms with E-state index in [-0.39, 0.29) is 12.0 Å². The van der Waals surface area contributed by atoms with Gasteiger partial charge < -0.3 is 19.3 Å². The van der Waals surface area contributed by atoms with Crippen molar-refractivity contribution in [3.63, 3.8) is 0 Å². The number of hydrogen-bond donors (Lipinski definition) is 1. The van der Waals surface area contributed by atoms with E-state index in [0.717, 1.165) is 0 Å². The molecule has 0 spiro atoms. The molecule has 1 heterocycles. The maximum absolute atomic E-state index is 12.0. The van der Waals surface area contributed by atoms with Gasteiger partial charge in [0.1, 0.15) is 28.9 Å². The quantitative estimate of drug-likeness (QED) is 0.369. The van der Waals surface area contributed by atoms with Gasteiger partial charge in [-0.1, -0.05) is 0 Å². The summed E-state index contributed by atoms with van der Waals surface area (Å²) in [4.78, 5) is 23.8. The minimum atomic E-state index is -0.803. The SMILES string of the molecule is CCOc1ccc(/C=C/C(O)=C2\C(=O)CC(C)OC2=O)c(OCC)c1. The van der Waals surface area contributed by atoms with Crippen LogP contribution in [0.1, 0.15) is 32.8 Å². The fourth-order valence-corrected chi connectivity index (χ4v) is 2.45. The van der Waals surface area contributed by atoms with E-state index in [1.807, 2.05) is 13.8 Å². The number of hydrogen-bond acceptors (Lipinski definition) is 6. The Bertz CT molecular complexity index is 697. The average Bonchev–Trinajstić information content (AvgIpc) is 2.53. The Hall–Kier alpha value is -2.76. The van der Waals surface area contributed by atoms with Crippen LogP contribution in [-0.4, -0.2) is 36.2 Å². The molecule has 134 valence electrons. The Morgan fingerprint density at radius 3 is 2.64 bits per heavy atom. The Balaban J connectivity index is 2.29. The first-order valence-corrected chi connectivity index (χ1v) is 8.21. The number of aliphatic hydroxyl groups excluding tert-OH is 1. The highest BCUT2D eigenvalue weighted by Gasteiger charge is 2.32. The minimum absolute atomic E-state index is 0.0617. The molecule has 1 N–H and O–H groups in total. The maximum atomic E-state index is 12.0. The molecule has 0 aliphatic carbocycles. The van der Waals surface area contributed by atoms with E-state index in [1.54, 1.807) is 31.2 Å². The molecule has 6 heteroatoms. The predicted molar refractivity (Wildman–Crippen MR) is 92.6 cm³/mol. The molecule has 0 radical (unpaired) electrons. The largest absolute Gasteiger partial charge is 0.507 e. The molecular formula is C19H22O6. The molecule has 1 aromatic rings. The van der Waals surface area contributed by atoms with Crippen LogP contribution in [0.2, 0.25) is 0 Å². The molecule has 1 aromatic carbocycles. The van der Waals surface area contributed by atoms with E-state index < -0.39 is 23.6 Å². The van der Waals surface area contributed by atoms with Crippen LogP contribution in [0.5, 0.6) is 11.5 Å². The van der Waals surface area contributed by atoms with Gasteiger partial charge in [-0.2, -0.15) is 0 Å². The van der Waals surface area contributed by atoms with E-state index in [1.165, 1.54) is 6.08 Å². The number of ketones is 1. The zero-order valence-corrected chi connectivity index (χ0v) is 14.6. The van der Waals surface area contributed by atoms with Gasteiger partial charge in [-0.3, -0.25) is 4.79 Å². The van der Waals surface area contributed by atoms with Crippen molar-refractivity contribution in [3.05, 3.63) is 41.2 Å². The van der Waals surface area contributed by atoms with Crippen LogP contribution in [0.25, 0.3) is 6.08 Å². The van der Waals surface area contributed by atoms with Crippen molar-refractivity contribution >= 4 is 17.8 Å². The number of cyclic esters (lactones) is 1. The van der Waals surface area contributed by atoms with E-state index in [9.17, 15) is 14.7 Å². The molecule has 1 fully saturated rings. The standard InChI is InChI=1S/C19H22O6/c1-4-23-14-8-6-13(17(11-14)24-5-2)7-9-15(20)18-16(21)10-12(3)25-19(18)22/h6-9,11-12,20H,4-5,10H2,1-3H3/b9-7+,18-15-. The Kier molecular flexibility index (Phi) is 6.22. The zero-order chi connectivity index (χ0) is 18.4. The number of carbonyl (C=O) groups is 2. The molecule has 1 atom stereocenters. The van der Waals surface area contributed by atoms with E-state index in [0.29, 0.717) is 30.3 Å². The van der Waals surface area contributed by atoms with Crippen molar-refractivity contribution in [2.45, 2.75) is 33.3 Å². The fraction of sp³-hybridized carbons (Fsp3) is 0.368. The lowest BCUT2D eigenvalue weighted by Gasteiger charge is -2.19. The summed E-state index contributed by atoms with van der Waals surface area (Å²) in [6.07, 6.45) is 2.45. The average molecular weight is 346 g/mol. The topological polar surface area (TPSA) is 82.1 Å². The lowest BCUT2D eigenvalue weighted by Crippen LogP contribution is -2.31. The molecule has 6 nitrogen and oxygen atoms in total. The second-order valence-corrected chi connectivity index (χ2v) is 5.50. The summed E-state index contributed by atoms with van der Waals surface area (Å²) < 4.78 is 16.0. The molecular weight excluding hydrogens is 324 g/mol. The van der Waals surface area contributed by atoms with Crippen LogP contribution in [0, 0.1) is 0 Å². The summed E-state index contributed by atoms with van der Waals surface area (Å²) in [5, 5.41) is 10.1. The summed E-state index contributed by atoms with van der Waals surface area (Å²) >= 11 is 0. The highest BCUT2D eigenvalue weighted by molar-refractivity contribution is 6.19. The monoisotopic (exact) mass is 346 g/mol. The zero-order valence-electron chi connectivity index (χ0n) is 14.6. The summed E-state index contributed by atoms with van der Waals surface area (Å²) in [5.74, 6) is -0.400. The van der Waals surface area contributed by atoms with Crippen molar-refractivity contribution in [3.8, 4) is 11.5 Å². The highest BCUT2D eigenvalue weighted by atomic mass is 16.5. The summed E-state index contributed by atoms with van der Waals surface area (Å²) in [6, 6.07) is 5.30. The van der Waals surface area contributed by atoms with Gasteiger partial charge in [-0.15, -0.1) is 0 Å². The number of rotatable bonds is 6. The second-order valence-electron chi connectivity index (χ2n) is 5.50. The van der Waals surface area contributed by atoms with Gasteiger partial charge in [0.2, 0.25) is 0 Å². The van der Waals surface area contributed by atoms with Crippen LogP contribution in [0.3, 0.4) is 0 Å². The number of esters is 1. The van der Waals surface area contributed by atoms with E-state index >= 15 is 0 Å². The van der Waals surface area contributed by atoms with E-state index in [4.69, 9.17) is 14.2 Å². The van der Waals surface area contributed by atoms with Crippen LogP contribution in [-0.2, 0) is 14.3 Å². The fourth-order valence-electron chi connectivity index (χ4n) is 2.45. The smallest absolute Gasteiger partial charge is 0.345 e. The van der Waals surface area contributed by atoms with Gasteiger partial charge in [-0.25, -0.2) is 4.79 Å². The molecule has 0 aromatic heterocycles.